The molecule has 2 rings (SSSR count). The summed E-state index contributed by atoms with van der Waals surface area (Å²) in [6, 6.07) is 16.5. The van der Waals surface area contributed by atoms with E-state index in [0.29, 0.717) is 11.4 Å². The van der Waals surface area contributed by atoms with Gasteiger partial charge in [0.25, 0.3) is 10.0 Å². The predicted octanol–water partition coefficient (Wildman–Crippen LogP) is 3.72. The number of sulfonamides is 1. The highest BCUT2D eigenvalue weighted by molar-refractivity contribution is 7.89. The van der Waals surface area contributed by atoms with Gasteiger partial charge in [-0.15, -0.1) is 0 Å². The van der Waals surface area contributed by atoms with Gasteiger partial charge < -0.3 is 0 Å². The molecule has 2 aromatic carbocycles. The van der Waals surface area contributed by atoms with Crippen LogP contribution >= 0.6 is 0 Å². The summed E-state index contributed by atoms with van der Waals surface area (Å²) in [5.74, 6) is 0. The summed E-state index contributed by atoms with van der Waals surface area (Å²) >= 11 is 0. The minimum Gasteiger partial charge on any atom is -0.269 e. The monoisotopic (exact) mass is 301 g/mol. The molecule has 0 aliphatic rings. The number of rotatable bonds is 5. The van der Waals surface area contributed by atoms with Crippen molar-refractivity contribution in [3.63, 3.8) is 0 Å². The van der Waals surface area contributed by atoms with Gasteiger partial charge in [-0.2, -0.15) is 0 Å². The van der Waals surface area contributed by atoms with Gasteiger partial charge in [0.05, 0.1) is 11.4 Å². The second-order valence-electron chi connectivity index (χ2n) is 4.83. The zero-order chi connectivity index (χ0) is 15.3. The van der Waals surface area contributed by atoms with Gasteiger partial charge in [0.1, 0.15) is 0 Å². The van der Waals surface area contributed by atoms with Crippen LogP contribution in [0.15, 0.2) is 71.8 Å². The lowest BCUT2D eigenvalue weighted by molar-refractivity contribution is 0.495. The third-order valence-electron chi connectivity index (χ3n) is 3.12. The fourth-order valence-corrected chi connectivity index (χ4v) is 3.34. The van der Waals surface area contributed by atoms with E-state index in [9.17, 15) is 8.42 Å². The fraction of sp³-hybridized carbons (Fsp3) is 0.176. The molecule has 0 aromatic heterocycles. The Labute approximate surface area is 126 Å². The third kappa shape index (κ3) is 3.73. The number of hydrogen-bond acceptors (Lipinski definition) is 2. The number of hydrogen-bond donors (Lipinski definition) is 0. The second kappa shape index (κ2) is 6.59. The Hall–Kier alpha value is -2.07. The second-order valence-corrected chi connectivity index (χ2v) is 6.72. The largest absolute Gasteiger partial charge is 0.269 e. The first kappa shape index (κ1) is 15.3. The quantitative estimate of drug-likeness (QED) is 0.844. The van der Waals surface area contributed by atoms with Crippen LogP contribution in [0.1, 0.15) is 18.1 Å². The molecule has 0 fully saturated rings. The van der Waals surface area contributed by atoms with Gasteiger partial charge >= 0.3 is 0 Å². The van der Waals surface area contributed by atoms with Crippen molar-refractivity contribution < 1.29 is 8.42 Å². The zero-order valence-electron chi connectivity index (χ0n) is 12.2. The van der Waals surface area contributed by atoms with E-state index >= 15 is 0 Å². The summed E-state index contributed by atoms with van der Waals surface area (Å²) < 4.78 is 26.8. The van der Waals surface area contributed by atoms with Crippen LogP contribution in [0.5, 0.6) is 0 Å². The Morgan fingerprint density at radius 1 is 1.00 bits per heavy atom. The molecule has 21 heavy (non-hydrogen) atoms. The van der Waals surface area contributed by atoms with Crippen LogP contribution in [0.4, 0.5) is 0 Å². The SMILES string of the molecule is C/C=C/N(Cc1ccccc1)S(=O)(=O)c1ccc(C)cc1. The van der Waals surface area contributed by atoms with E-state index in [2.05, 4.69) is 0 Å². The Balaban J connectivity index is 2.34. The molecule has 4 heteroatoms. The first-order valence-corrected chi connectivity index (χ1v) is 8.23. The summed E-state index contributed by atoms with van der Waals surface area (Å²) in [6.07, 6.45) is 3.33. The standard InChI is InChI=1S/C17H19NO2S/c1-3-13-18(14-16-7-5-4-6-8-16)21(19,20)17-11-9-15(2)10-12-17/h3-13H,14H2,1-2H3/b13-3+. The van der Waals surface area contributed by atoms with Gasteiger partial charge in [0.2, 0.25) is 0 Å². The average molecular weight is 301 g/mol. The van der Waals surface area contributed by atoms with Crippen molar-refractivity contribution in [1.82, 2.24) is 4.31 Å². The molecular weight excluding hydrogens is 282 g/mol. The highest BCUT2D eigenvalue weighted by atomic mass is 32.2. The average Bonchev–Trinajstić information content (AvgIpc) is 2.48. The van der Waals surface area contributed by atoms with Crippen LogP contribution in [0.25, 0.3) is 0 Å². The summed E-state index contributed by atoms with van der Waals surface area (Å²) in [5.41, 5.74) is 1.99. The molecule has 110 valence electrons. The zero-order valence-corrected chi connectivity index (χ0v) is 13.0. The number of nitrogens with zero attached hydrogens (tertiary/aromatic N) is 1. The lowest BCUT2D eigenvalue weighted by Crippen LogP contribution is -2.25. The van der Waals surface area contributed by atoms with Crippen LogP contribution in [0.3, 0.4) is 0 Å². The molecule has 2 aromatic rings. The van der Waals surface area contributed by atoms with Crippen molar-refractivity contribution in [3.05, 3.63) is 78.0 Å². The maximum atomic E-state index is 12.7. The molecule has 0 N–H and O–H groups in total. The van der Waals surface area contributed by atoms with Crippen LogP contribution in [-0.4, -0.2) is 12.7 Å². The van der Waals surface area contributed by atoms with E-state index in [4.69, 9.17) is 0 Å². The molecule has 0 bridgehead atoms. The van der Waals surface area contributed by atoms with Crippen molar-refractivity contribution in [3.8, 4) is 0 Å². The van der Waals surface area contributed by atoms with Crippen molar-refractivity contribution in [2.45, 2.75) is 25.3 Å². The highest BCUT2D eigenvalue weighted by Gasteiger charge is 2.21. The van der Waals surface area contributed by atoms with E-state index in [-0.39, 0.29) is 0 Å². The molecule has 0 heterocycles. The summed E-state index contributed by atoms with van der Waals surface area (Å²) in [4.78, 5) is 0.308. The van der Waals surface area contributed by atoms with Crippen molar-refractivity contribution in [2.75, 3.05) is 0 Å². The Bertz CT molecular complexity index is 704. The topological polar surface area (TPSA) is 37.4 Å². The molecule has 0 amide bonds. The van der Waals surface area contributed by atoms with E-state index in [1.165, 1.54) is 4.31 Å². The van der Waals surface area contributed by atoms with Crippen LogP contribution in [0.2, 0.25) is 0 Å². The molecule has 3 nitrogen and oxygen atoms in total. The summed E-state index contributed by atoms with van der Waals surface area (Å²) in [7, 11) is -3.53. The van der Waals surface area contributed by atoms with Crippen molar-refractivity contribution in [1.29, 1.82) is 0 Å². The maximum Gasteiger partial charge on any atom is 0.264 e. The number of allylic oxidation sites excluding steroid dienone is 1. The minimum absolute atomic E-state index is 0.308. The minimum atomic E-state index is -3.53. The molecule has 0 aliphatic carbocycles. The van der Waals surface area contributed by atoms with Gasteiger partial charge in [-0.05, 0) is 31.5 Å². The maximum absolute atomic E-state index is 12.7. The van der Waals surface area contributed by atoms with Gasteiger partial charge in [-0.1, -0.05) is 54.1 Å². The smallest absolute Gasteiger partial charge is 0.264 e. The number of benzene rings is 2. The molecule has 0 spiro atoms. The van der Waals surface area contributed by atoms with Gasteiger partial charge in [-0.25, -0.2) is 8.42 Å². The fourth-order valence-electron chi connectivity index (χ4n) is 1.99. The first-order valence-electron chi connectivity index (χ1n) is 6.79. The number of aryl methyl sites for hydroxylation is 1. The normalized spacial score (nSPS) is 11.7. The van der Waals surface area contributed by atoms with Gasteiger partial charge in [0, 0.05) is 6.20 Å². The lowest BCUT2D eigenvalue weighted by atomic mass is 10.2. The summed E-state index contributed by atoms with van der Waals surface area (Å²) in [5, 5.41) is 0. The Morgan fingerprint density at radius 2 is 1.62 bits per heavy atom. The highest BCUT2D eigenvalue weighted by Crippen LogP contribution is 2.19. The van der Waals surface area contributed by atoms with Gasteiger partial charge in [-0.3, -0.25) is 4.31 Å². The van der Waals surface area contributed by atoms with E-state index in [1.807, 2.05) is 56.3 Å². The third-order valence-corrected chi connectivity index (χ3v) is 4.86. The molecule has 0 saturated heterocycles. The molecule has 0 unspecified atom stereocenters. The Morgan fingerprint density at radius 3 is 2.19 bits per heavy atom. The van der Waals surface area contributed by atoms with Crippen LogP contribution in [0, 0.1) is 6.92 Å². The van der Waals surface area contributed by atoms with E-state index < -0.39 is 10.0 Å². The van der Waals surface area contributed by atoms with Crippen molar-refractivity contribution in [2.24, 2.45) is 0 Å². The predicted molar refractivity (Wildman–Crippen MR) is 85.2 cm³/mol. The molecule has 0 radical (unpaired) electrons. The van der Waals surface area contributed by atoms with Crippen LogP contribution < -0.4 is 0 Å². The molecular formula is C17H19NO2S. The van der Waals surface area contributed by atoms with Crippen LogP contribution in [-0.2, 0) is 16.6 Å². The molecule has 0 aliphatic heterocycles. The van der Waals surface area contributed by atoms with E-state index in [1.54, 1.807) is 24.4 Å². The van der Waals surface area contributed by atoms with Crippen molar-refractivity contribution >= 4 is 10.0 Å². The Kier molecular flexibility index (Phi) is 4.81. The summed E-state index contributed by atoms with van der Waals surface area (Å²) in [6.45, 7) is 4.06. The van der Waals surface area contributed by atoms with E-state index in [0.717, 1.165) is 11.1 Å². The lowest BCUT2D eigenvalue weighted by Gasteiger charge is -2.20. The van der Waals surface area contributed by atoms with Gasteiger partial charge in [0.15, 0.2) is 0 Å². The first-order chi connectivity index (χ1) is 10.0. The molecule has 0 saturated carbocycles. The molecule has 0 atom stereocenters.